The Bertz CT molecular complexity index is 484. The first-order chi connectivity index (χ1) is 9.11. The van der Waals surface area contributed by atoms with E-state index in [1.165, 1.54) is 0 Å². The highest BCUT2D eigenvalue weighted by molar-refractivity contribution is 5.78. The van der Waals surface area contributed by atoms with Crippen LogP contribution in [0.3, 0.4) is 0 Å². The number of benzene rings is 1. The lowest BCUT2D eigenvalue weighted by atomic mass is 9.90. The van der Waals surface area contributed by atoms with Crippen molar-refractivity contribution in [1.29, 1.82) is 5.26 Å². The summed E-state index contributed by atoms with van der Waals surface area (Å²) in [6, 6.07) is 9.51. The van der Waals surface area contributed by atoms with Crippen molar-refractivity contribution in [2.45, 2.75) is 18.9 Å². The number of aliphatic hydroxyl groups is 1. The third kappa shape index (κ3) is 3.04. The van der Waals surface area contributed by atoms with Gasteiger partial charge in [0.1, 0.15) is 6.10 Å². The summed E-state index contributed by atoms with van der Waals surface area (Å²) in [7, 11) is 0. The number of carbonyl (C=O) groups excluding carboxylic acids is 1. The molecule has 19 heavy (non-hydrogen) atoms. The number of rotatable bonds is 3. The lowest BCUT2D eigenvalue weighted by molar-refractivity contribution is -0.129. The molecule has 1 unspecified atom stereocenters. The van der Waals surface area contributed by atoms with Crippen LogP contribution >= 0.6 is 0 Å². The molecule has 1 aromatic rings. The summed E-state index contributed by atoms with van der Waals surface area (Å²) >= 11 is 0. The molecule has 5 nitrogen and oxygen atoms in total. The molecule has 1 aromatic carbocycles. The normalized spacial score (nSPS) is 17.8. The Kier molecular flexibility index (Phi) is 4.03. The van der Waals surface area contributed by atoms with E-state index in [-0.39, 0.29) is 5.92 Å². The third-order valence-corrected chi connectivity index (χ3v) is 3.64. The Hall–Kier alpha value is -2.06. The van der Waals surface area contributed by atoms with Gasteiger partial charge in [0.15, 0.2) is 0 Å². The van der Waals surface area contributed by atoms with Crippen LogP contribution in [0.15, 0.2) is 24.3 Å². The predicted octanol–water partition coefficient (Wildman–Crippen LogP) is 0.621. The molecular weight excluding hydrogens is 242 g/mol. The van der Waals surface area contributed by atoms with Crippen LogP contribution in [0.25, 0.3) is 0 Å². The smallest absolute Gasteiger partial charge is 0.246 e. The van der Waals surface area contributed by atoms with Crippen molar-refractivity contribution in [3.05, 3.63) is 29.8 Å². The molecule has 1 atom stereocenters. The van der Waals surface area contributed by atoms with Crippen LogP contribution in [0.1, 0.15) is 18.4 Å². The summed E-state index contributed by atoms with van der Waals surface area (Å²) in [5.74, 6) is -0.691. The van der Waals surface area contributed by atoms with E-state index in [0.717, 1.165) is 31.6 Å². The molecule has 3 N–H and O–H groups in total. The standard InChI is InChI=1S/C14H17N3O2/c15-9-10-1-3-12(4-2-10)17-7-5-11(6-8-17)13(18)14(16)19/h1-4,11,13,18H,5-8H2,(H2,16,19). The van der Waals surface area contributed by atoms with Gasteiger partial charge < -0.3 is 15.7 Å². The Morgan fingerprint density at radius 1 is 1.37 bits per heavy atom. The van der Waals surface area contributed by atoms with Crippen LogP contribution in [0.2, 0.25) is 0 Å². The van der Waals surface area contributed by atoms with E-state index in [4.69, 9.17) is 11.0 Å². The number of primary amides is 1. The van der Waals surface area contributed by atoms with Gasteiger partial charge in [-0.15, -0.1) is 0 Å². The number of nitriles is 1. The first kappa shape index (κ1) is 13.4. The van der Waals surface area contributed by atoms with E-state index < -0.39 is 12.0 Å². The largest absolute Gasteiger partial charge is 0.383 e. The van der Waals surface area contributed by atoms with Crippen LogP contribution in [-0.4, -0.2) is 30.2 Å². The van der Waals surface area contributed by atoms with Gasteiger partial charge in [0.25, 0.3) is 0 Å². The molecule has 0 radical (unpaired) electrons. The second-order valence-electron chi connectivity index (χ2n) is 4.83. The van der Waals surface area contributed by atoms with Crippen molar-refractivity contribution < 1.29 is 9.90 Å². The summed E-state index contributed by atoms with van der Waals surface area (Å²) < 4.78 is 0. The Morgan fingerprint density at radius 2 is 1.95 bits per heavy atom. The van der Waals surface area contributed by atoms with E-state index >= 15 is 0 Å². The van der Waals surface area contributed by atoms with Gasteiger partial charge in [-0.25, -0.2) is 0 Å². The van der Waals surface area contributed by atoms with E-state index in [1.54, 1.807) is 12.1 Å². The van der Waals surface area contributed by atoms with Gasteiger partial charge in [-0.05, 0) is 43.0 Å². The minimum atomic E-state index is -1.04. The van der Waals surface area contributed by atoms with Gasteiger partial charge in [-0.2, -0.15) is 5.26 Å². The molecular formula is C14H17N3O2. The van der Waals surface area contributed by atoms with Gasteiger partial charge in [0.2, 0.25) is 5.91 Å². The molecule has 1 saturated heterocycles. The van der Waals surface area contributed by atoms with Gasteiger partial charge >= 0.3 is 0 Å². The zero-order valence-electron chi connectivity index (χ0n) is 10.6. The first-order valence-corrected chi connectivity index (χ1v) is 6.34. The Labute approximate surface area is 112 Å². The predicted molar refractivity (Wildman–Crippen MR) is 71.3 cm³/mol. The van der Waals surface area contributed by atoms with Crippen molar-refractivity contribution in [2.24, 2.45) is 11.7 Å². The molecule has 1 heterocycles. The summed E-state index contributed by atoms with van der Waals surface area (Å²) in [6.45, 7) is 1.56. The minimum absolute atomic E-state index is 0.0490. The fourth-order valence-electron chi connectivity index (χ4n) is 2.45. The molecule has 1 fully saturated rings. The second kappa shape index (κ2) is 5.72. The molecule has 5 heteroatoms. The lowest BCUT2D eigenvalue weighted by Gasteiger charge is -2.34. The van der Waals surface area contributed by atoms with Crippen molar-refractivity contribution >= 4 is 11.6 Å². The lowest BCUT2D eigenvalue weighted by Crippen LogP contribution is -2.42. The SMILES string of the molecule is N#Cc1ccc(N2CCC(C(O)C(N)=O)CC2)cc1. The first-order valence-electron chi connectivity index (χ1n) is 6.34. The maximum Gasteiger partial charge on any atom is 0.246 e. The van der Waals surface area contributed by atoms with E-state index in [0.29, 0.717) is 5.56 Å². The van der Waals surface area contributed by atoms with Crippen molar-refractivity contribution in [3.63, 3.8) is 0 Å². The van der Waals surface area contributed by atoms with Gasteiger partial charge in [-0.3, -0.25) is 4.79 Å². The highest BCUT2D eigenvalue weighted by Gasteiger charge is 2.28. The van der Waals surface area contributed by atoms with Crippen LogP contribution in [0, 0.1) is 17.2 Å². The van der Waals surface area contributed by atoms with Gasteiger partial charge in [-0.1, -0.05) is 0 Å². The zero-order chi connectivity index (χ0) is 13.8. The maximum atomic E-state index is 10.9. The fourth-order valence-corrected chi connectivity index (χ4v) is 2.45. The second-order valence-corrected chi connectivity index (χ2v) is 4.83. The highest BCUT2D eigenvalue weighted by atomic mass is 16.3. The molecule has 1 amide bonds. The van der Waals surface area contributed by atoms with Crippen LogP contribution in [0.5, 0.6) is 0 Å². The summed E-state index contributed by atoms with van der Waals surface area (Å²) in [4.78, 5) is 13.1. The number of carbonyl (C=O) groups is 1. The van der Waals surface area contributed by atoms with Gasteiger partial charge in [0, 0.05) is 18.8 Å². The average Bonchev–Trinajstić information content (AvgIpc) is 2.46. The topological polar surface area (TPSA) is 90.3 Å². The summed E-state index contributed by atoms with van der Waals surface area (Å²) in [5, 5.41) is 18.4. The average molecular weight is 259 g/mol. The number of anilines is 1. The number of nitrogens with zero attached hydrogens (tertiary/aromatic N) is 2. The summed E-state index contributed by atoms with van der Waals surface area (Å²) in [5.41, 5.74) is 6.81. The van der Waals surface area contributed by atoms with E-state index in [1.807, 2.05) is 12.1 Å². The van der Waals surface area contributed by atoms with E-state index in [9.17, 15) is 9.90 Å². The molecule has 0 aliphatic carbocycles. The Balaban J connectivity index is 1.96. The number of aliphatic hydroxyl groups excluding tert-OH is 1. The molecule has 0 saturated carbocycles. The molecule has 0 spiro atoms. The monoisotopic (exact) mass is 259 g/mol. The van der Waals surface area contributed by atoms with E-state index in [2.05, 4.69) is 11.0 Å². The minimum Gasteiger partial charge on any atom is -0.383 e. The van der Waals surface area contributed by atoms with Gasteiger partial charge in [0.05, 0.1) is 11.6 Å². The number of amides is 1. The maximum absolute atomic E-state index is 10.9. The van der Waals surface area contributed by atoms with Crippen LogP contribution < -0.4 is 10.6 Å². The Morgan fingerprint density at radius 3 is 2.42 bits per heavy atom. The molecule has 0 aromatic heterocycles. The summed E-state index contributed by atoms with van der Waals surface area (Å²) in [6.07, 6.45) is 0.442. The van der Waals surface area contributed by atoms with Crippen LogP contribution in [0.4, 0.5) is 5.69 Å². The third-order valence-electron chi connectivity index (χ3n) is 3.64. The molecule has 100 valence electrons. The molecule has 0 bridgehead atoms. The zero-order valence-corrected chi connectivity index (χ0v) is 10.6. The van der Waals surface area contributed by atoms with Crippen molar-refractivity contribution in [3.8, 4) is 6.07 Å². The van der Waals surface area contributed by atoms with Crippen LogP contribution in [-0.2, 0) is 4.79 Å². The number of nitrogens with two attached hydrogens (primary N) is 1. The molecule has 2 rings (SSSR count). The number of hydrogen-bond acceptors (Lipinski definition) is 4. The quantitative estimate of drug-likeness (QED) is 0.832. The number of piperidine rings is 1. The fraction of sp³-hybridized carbons (Fsp3) is 0.429. The van der Waals surface area contributed by atoms with Crippen molar-refractivity contribution in [2.75, 3.05) is 18.0 Å². The molecule has 1 aliphatic heterocycles. The number of hydrogen-bond donors (Lipinski definition) is 2. The van der Waals surface area contributed by atoms with Crippen molar-refractivity contribution in [1.82, 2.24) is 0 Å². The molecule has 1 aliphatic rings. The highest BCUT2D eigenvalue weighted by Crippen LogP contribution is 2.25.